The molecular formula is C23H32N6O. The molecule has 7 heteroatoms. The van der Waals surface area contributed by atoms with Crippen molar-refractivity contribution in [1.29, 1.82) is 0 Å². The quantitative estimate of drug-likeness (QED) is 0.715. The van der Waals surface area contributed by atoms with Gasteiger partial charge in [-0.2, -0.15) is 0 Å². The molecule has 0 spiro atoms. The smallest absolute Gasteiger partial charge is 0.253 e. The fourth-order valence-electron chi connectivity index (χ4n) is 4.54. The molecule has 2 aromatic heterocycles. The molecule has 0 unspecified atom stereocenters. The lowest BCUT2D eigenvalue weighted by Gasteiger charge is -2.36. The van der Waals surface area contributed by atoms with Crippen molar-refractivity contribution in [2.45, 2.75) is 66.0 Å². The number of aromatic amines is 1. The van der Waals surface area contributed by atoms with Gasteiger partial charge in [0.25, 0.3) is 5.56 Å². The maximum absolute atomic E-state index is 13.3. The van der Waals surface area contributed by atoms with Crippen molar-refractivity contribution in [2.24, 2.45) is 5.92 Å². The minimum atomic E-state index is -0.281. The van der Waals surface area contributed by atoms with E-state index in [1.807, 2.05) is 17.7 Å². The Morgan fingerprint density at radius 2 is 1.83 bits per heavy atom. The number of likely N-dealkylation sites (tertiary alicyclic amines) is 1. The van der Waals surface area contributed by atoms with Crippen molar-refractivity contribution in [1.82, 2.24) is 30.1 Å². The highest BCUT2D eigenvalue weighted by molar-refractivity contribution is 5.83. The monoisotopic (exact) mass is 408 g/mol. The van der Waals surface area contributed by atoms with Crippen LogP contribution in [0.4, 0.5) is 0 Å². The van der Waals surface area contributed by atoms with E-state index in [1.165, 1.54) is 5.56 Å². The summed E-state index contributed by atoms with van der Waals surface area (Å²) in [5.41, 5.74) is 3.52. The molecule has 0 aliphatic carbocycles. The van der Waals surface area contributed by atoms with E-state index >= 15 is 0 Å². The first-order valence-corrected chi connectivity index (χ1v) is 10.8. The number of aromatic nitrogens is 5. The predicted molar refractivity (Wildman–Crippen MR) is 119 cm³/mol. The number of rotatable bonds is 3. The molecule has 0 bridgehead atoms. The van der Waals surface area contributed by atoms with Gasteiger partial charge >= 0.3 is 0 Å². The molecule has 30 heavy (non-hydrogen) atoms. The number of piperidine rings is 1. The Labute approximate surface area is 177 Å². The highest BCUT2D eigenvalue weighted by Crippen LogP contribution is 2.32. The second-order valence-electron chi connectivity index (χ2n) is 9.84. The maximum atomic E-state index is 13.3. The molecule has 1 aromatic carbocycles. The minimum Gasteiger partial charge on any atom is -0.321 e. The average Bonchev–Trinajstić information content (AvgIpc) is 3.14. The summed E-state index contributed by atoms with van der Waals surface area (Å²) in [5, 5.41) is 13.7. The van der Waals surface area contributed by atoms with Gasteiger partial charge in [-0.05, 0) is 100.0 Å². The molecule has 7 nitrogen and oxygen atoms in total. The number of tetrazole rings is 1. The van der Waals surface area contributed by atoms with Gasteiger partial charge in [-0.3, -0.25) is 9.69 Å². The first kappa shape index (κ1) is 20.7. The first-order chi connectivity index (χ1) is 14.1. The third-order valence-electron chi connectivity index (χ3n) is 6.17. The van der Waals surface area contributed by atoms with Crippen molar-refractivity contribution in [2.75, 3.05) is 13.1 Å². The summed E-state index contributed by atoms with van der Waals surface area (Å²) < 4.78 is 1.86. The highest BCUT2D eigenvalue weighted by Gasteiger charge is 2.34. The van der Waals surface area contributed by atoms with Crippen molar-refractivity contribution >= 4 is 10.9 Å². The summed E-state index contributed by atoms with van der Waals surface area (Å²) in [6.07, 6.45) is 2.22. The van der Waals surface area contributed by atoms with E-state index in [0.717, 1.165) is 48.2 Å². The van der Waals surface area contributed by atoms with Crippen molar-refractivity contribution in [3.8, 4) is 0 Å². The Hall–Kier alpha value is -2.54. The molecule has 1 fully saturated rings. The number of pyridine rings is 1. The summed E-state index contributed by atoms with van der Waals surface area (Å²) >= 11 is 0. The molecule has 1 aliphatic heterocycles. The van der Waals surface area contributed by atoms with Crippen LogP contribution in [0.25, 0.3) is 10.9 Å². The lowest BCUT2D eigenvalue weighted by molar-refractivity contribution is 0.144. The number of nitrogens with one attached hydrogen (secondary N) is 1. The van der Waals surface area contributed by atoms with E-state index in [0.29, 0.717) is 11.5 Å². The molecule has 3 heterocycles. The van der Waals surface area contributed by atoms with Gasteiger partial charge in [0.1, 0.15) is 6.04 Å². The van der Waals surface area contributed by atoms with Crippen LogP contribution in [-0.2, 0) is 5.54 Å². The Kier molecular flexibility index (Phi) is 5.26. The molecule has 1 saturated heterocycles. The van der Waals surface area contributed by atoms with E-state index in [9.17, 15) is 4.79 Å². The molecule has 4 rings (SSSR count). The Morgan fingerprint density at radius 3 is 2.50 bits per heavy atom. The van der Waals surface area contributed by atoms with Gasteiger partial charge in [0, 0.05) is 5.56 Å². The van der Waals surface area contributed by atoms with Gasteiger partial charge in [0.05, 0.1) is 11.1 Å². The molecule has 0 saturated carbocycles. The van der Waals surface area contributed by atoms with E-state index in [1.54, 1.807) is 0 Å². The summed E-state index contributed by atoms with van der Waals surface area (Å²) in [5.74, 6) is 1.42. The lowest BCUT2D eigenvalue weighted by atomic mass is 9.94. The fraction of sp³-hybridized carbons (Fsp3) is 0.565. The second-order valence-corrected chi connectivity index (χ2v) is 9.84. The average molecular weight is 409 g/mol. The zero-order valence-corrected chi connectivity index (χ0v) is 18.9. The summed E-state index contributed by atoms with van der Waals surface area (Å²) in [6.45, 7) is 14.5. The highest BCUT2D eigenvalue weighted by atomic mass is 16.1. The normalized spacial score (nSPS) is 17.5. The lowest BCUT2D eigenvalue weighted by Crippen LogP contribution is -2.41. The molecule has 0 amide bonds. The van der Waals surface area contributed by atoms with Gasteiger partial charge in [-0.1, -0.05) is 18.6 Å². The van der Waals surface area contributed by atoms with Gasteiger partial charge in [-0.25, -0.2) is 4.68 Å². The van der Waals surface area contributed by atoms with Gasteiger partial charge in [0.15, 0.2) is 5.82 Å². The topological polar surface area (TPSA) is 79.7 Å². The molecule has 0 radical (unpaired) electrons. The number of fused-ring (bicyclic) bond motifs is 1. The van der Waals surface area contributed by atoms with Crippen LogP contribution in [0.15, 0.2) is 23.0 Å². The largest absolute Gasteiger partial charge is 0.321 e. The summed E-state index contributed by atoms with van der Waals surface area (Å²) in [7, 11) is 0. The van der Waals surface area contributed by atoms with Crippen LogP contribution in [0.2, 0.25) is 0 Å². The van der Waals surface area contributed by atoms with Crippen molar-refractivity contribution < 1.29 is 0 Å². The zero-order valence-electron chi connectivity index (χ0n) is 18.9. The van der Waals surface area contributed by atoms with Crippen LogP contribution < -0.4 is 5.56 Å². The van der Waals surface area contributed by atoms with Gasteiger partial charge in [0.2, 0.25) is 0 Å². The number of hydrogen-bond acceptors (Lipinski definition) is 5. The van der Waals surface area contributed by atoms with Crippen LogP contribution in [0.5, 0.6) is 0 Å². The molecule has 1 N–H and O–H groups in total. The third kappa shape index (κ3) is 3.78. The number of H-pyrrole nitrogens is 1. The van der Waals surface area contributed by atoms with Crippen LogP contribution in [-0.4, -0.2) is 43.2 Å². The van der Waals surface area contributed by atoms with Gasteiger partial charge < -0.3 is 4.98 Å². The van der Waals surface area contributed by atoms with Crippen molar-refractivity contribution in [3.05, 3.63) is 51.1 Å². The number of hydrogen-bond donors (Lipinski definition) is 1. The number of benzene rings is 1. The van der Waals surface area contributed by atoms with E-state index in [4.69, 9.17) is 0 Å². The zero-order chi connectivity index (χ0) is 21.6. The third-order valence-corrected chi connectivity index (χ3v) is 6.17. The van der Waals surface area contributed by atoms with Crippen LogP contribution >= 0.6 is 0 Å². The number of nitrogens with zero attached hydrogens (tertiary/aromatic N) is 5. The van der Waals surface area contributed by atoms with Gasteiger partial charge in [-0.15, -0.1) is 5.10 Å². The summed E-state index contributed by atoms with van der Waals surface area (Å²) in [4.78, 5) is 18.8. The fourth-order valence-corrected chi connectivity index (χ4v) is 4.54. The van der Waals surface area contributed by atoms with Crippen molar-refractivity contribution in [3.63, 3.8) is 0 Å². The molecule has 160 valence electrons. The second kappa shape index (κ2) is 7.61. The molecule has 1 aliphatic rings. The maximum Gasteiger partial charge on any atom is 0.253 e. The minimum absolute atomic E-state index is 0.0680. The molecule has 3 aromatic rings. The Morgan fingerprint density at radius 1 is 1.13 bits per heavy atom. The Bertz CT molecular complexity index is 1110. The molecule has 1 atom stereocenters. The first-order valence-electron chi connectivity index (χ1n) is 10.8. The Balaban J connectivity index is 1.92. The number of aryl methyl sites for hydroxylation is 2. The van der Waals surface area contributed by atoms with Crippen LogP contribution in [0, 0.1) is 19.8 Å². The predicted octanol–water partition coefficient (Wildman–Crippen LogP) is 3.71. The SMILES string of the molecule is Cc1cc(C)c2[nH]c(=O)c([C@H](c3nnnn3C(C)(C)C)N3CCC(C)CC3)cc2c1. The standard InChI is InChI=1S/C23H32N6O/c1-14-7-9-28(10-8-14)20(21-25-26-27-29(21)23(4,5)6)18-13-17-12-15(2)11-16(3)19(17)24-22(18)30/h11-14,20H,7-10H2,1-6H3,(H,24,30)/t20-/m1/s1. The summed E-state index contributed by atoms with van der Waals surface area (Å²) in [6, 6.07) is 5.99. The van der Waals surface area contributed by atoms with Crippen LogP contribution in [0.1, 0.15) is 69.1 Å². The van der Waals surface area contributed by atoms with E-state index < -0.39 is 0 Å². The van der Waals surface area contributed by atoms with E-state index in [-0.39, 0.29) is 17.1 Å². The van der Waals surface area contributed by atoms with Crippen LogP contribution in [0.3, 0.4) is 0 Å². The van der Waals surface area contributed by atoms with E-state index in [2.05, 4.69) is 72.2 Å². The molecular weight excluding hydrogens is 376 g/mol.